The van der Waals surface area contributed by atoms with Gasteiger partial charge in [-0.3, -0.25) is 0 Å². The fourth-order valence-corrected chi connectivity index (χ4v) is 1.42. The van der Waals surface area contributed by atoms with Gasteiger partial charge >= 0.3 is 92.3 Å². The summed E-state index contributed by atoms with van der Waals surface area (Å²) in [7, 11) is 0. The minimum Gasteiger partial charge on any atom is -0.147 e. The zero-order valence-corrected chi connectivity index (χ0v) is 11.4. The summed E-state index contributed by atoms with van der Waals surface area (Å²) in [5, 5.41) is 0. The van der Waals surface area contributed by atoms with Gasteiger partial charge in [-0.15, -0.1) is 12.4 Å². The van der Waals surface area contributed by atoms with Crippen LogP contribution >= 0.6 is 12.4 Å². The fourth-order valence-electron chi connectivity index (χ4n) is 1.24. The van der Waals surface area contributed by atoms with Crippen LogP contribution in [-0.4, -0.2) is 0 Å². The van der Waals surface area contributed by atoms with Crippen molar-refractivity contribution in [2.45, 2.75) is 33.1 Å². The Labute approximate surface area is 105 Å². The summed E-state index contributed by atoms with van der Waals surface area (Å²) in [5.74, 6) is 0.949. The van der Waals surface area contributed by atoms with Gasteiger partial charge in [0.2, 0.25) is 0 Å². The van der Waals surface area contributed by atoms with Crippen molar-refractivity contribution in [3.63, 3.8) is 0 Å². The number of benzene rings is 1. The van der Waals surface area contributed by atoms with Gasteiger partial charge in [-0.25, -0.2) is 0 Å². The molecule has 0 aliphatic heterocycles. The number of aryl methyl sites for hydroxylation is 1. The van der Waals surface area contributed by atoms with E-state index in [2.05, 4.69) is 45.9 Å². The summed E-state index contributed by atoms with van der Waals surface area (Å²) in [4.78, 5) is 0. The summed E-state index contributed by atoms with van der Waals surface area (Å²) in [6.45, 7) is 8.72. The molecule has 0 bridgehead atoms. The van der Waals surface area contributed by atoms with E-state index < -0.39 is 0 Å². The second kappa shape index (κ2) is 5.20. The summed E-state index contributed by atoms with van der Waals surface area (Å²) in [6, 6.07) is 6.37. The van der Waals surface area contributed by atoms with Crippen LogP contribution in [0.15, 0.2) is 18.2 Å². The van der Waals surface area contributed by atoms with Gasteiger partial charge in [-0.05, 0) is 0 Å². The van der Waals surface area contributed by atoms with Gasteiger partial charge in [-0.2, -0.15) is 0 Å². The molecule has 1 aromatic carbocycles. The Kier molecular flexibility index (Phi) is 5.21. The second-order valence-electron chi connectivity index (χ2n) is 4.39. The van der Waals surface area contributed by atoms with E-state index in [9.17, 15) is 0 Å². The molecule has 0 aromatic heterocycles. The van der Waals surface area contributed by atoms with E-state index in [4.69, 9.17) is 3.32 Å². The predicted molar refractivity (Wildman–Crippen MR) is 57.8 cm³/mol. The summed E-state index contributed by atoms with van der Waals surface area (Å²) in [5.41, 5.74) is 2.77. The number of hydrogen-bond donors (Lipinski definition) is 0. The van der Waals surface area contributed by atoms with Crippen LogP contribution in [0.3, 0.4) is 0 Å². The Morgan fingerprint density at radius 3 is 2.14 bits per heavy atom. The van der Waals surface area contributed by atoms with Gasteiger partial charge in [0.05, 0.1) is 0 Å². The van der Waals surface area contributed by atoms with Crippen molar-refractivity contribution in [1.82, 2.24) is 0 Å². The zero-order chi connectivity index (χ0) is 10.1. The average Bonchev–Trinajstić information content (AvgIpc) is 2.01. The molecule has 14 heavy (non-hydrogen) atoms. The molecule has 0 radical (unpaired) electrons. The first-order chi connectivity index (χ1) is 5.93. The number of halogens is 1. The first kappa shape index (κ1) is 14.0. The Morgan fingerprint density at radius 1 is 1.14 bits per heavy atom. The van der Waals surface area contributed by atoms with Crippen LogP contribution in [-0.2, 0) is 26.2 Å². The standard InChI is InChI=1S/C11H16O.ClH.Ti/c1-8-5-9(11(2,3)4)7-10(12)6-8;;/h5-7,12H,1-4H3;1H;/q;;+1/p-1. The van der Waals surface area contributed by atoms with Crippen LogP contribution < -0.4 is 3.32 Å². The Morgan fingerprint density at radius 2 is 1.71 bits per heavy atom. The van der Waals surface area contributed by atoms with Crippen molar-refractivity contribution < 1.29 is 24.1 Å². The molecule has 0 heterocycles. The SMILES string of the molecule is Cc1cc([O][Ti])cc(C(C)(C)C)c1.Cl. The monoisotopic (exact) mass is 247 g/mol. The van der Waals surface area contributed by atoms with Gasteiger partial charge in [0.25, 0.3) is 0 Å². The van der Waals surface area contributed by atoms with Crippen molar-refractivity contribution in [3.8, 4) is 5.75 Å². The third-order valence-corrected chi connectivity index (χ3v) is 2.40. The molecule has 0 spiro atoms. The summed E-state index contributed by atoms with van der Waals surface area (Å²) >= 11 is 1.71. The zero-order valence-electron chi connectivity index (χ0n) is 9.05. The maximum absolute atomic E-state index is 5.23. The van der Waals surface area contributed by atoms with Crippen LogP contribution in [0, 0.1) is 6.92 Å². The van der Waals surface area contributed by atoms with Crippen LogP contribution in [0.25, 0.3) is 0 Å². The van der Waals surface area contributed by atoms with E-state index in [1.54, 1.807) is 20.8 Å². The van der Waals surface area contributed by atoms with Crippen LogP contribution in [0.4, 0.5) is 0 Å². The molecule has 3 heteroatoms. The summed E-state index contributed by atoms with van der Waals surface area (Å²) in [6.07, 6.45) is 0. The first-order valence-electron chi connectivity index (χ1n) is 4.39. The third kappa shape index (κ3) is 3.64. The molecule has 1 aromatic rings. The molecular formula is C11H16ClOTi. The Hall–Kier alpha value is 0.0243. The largest absolute Gasteiger partial charge is 0.147 e. The van der Waals surface area contributed by atoms with E-state index in [0.29, 0.717) is 0 Å². The van der Waals surface area contributed by atoms with Crippen molar-refractivity contribution in [2.24, 2.45) is 0 Å². The van der Waals surface area contributed by atoms with Crippen LogP contribution in [0.1, 0.15) is 31.9 Å². The molecule has 0 saturated heterocycles. The van der Waals surface area contributed by atoms with E-state index in [-0.39, 0.29) is 17.8 Å². The maximum Gasteiger partial charge on any atom is -0.147 e. The minimum atomic E-state index is 0. The van der Waals surface area contributed by atoms with E-state index in [0.717, 1.165) is 5.75 Å². The van der Waals surface area contributed by atoms with Crippen molar-refractivity contribution >= 4 is 12.4 Å². The van der Waals surface area contributed by atoms with Crippen LogP contribution in [0.5, 0.6) is 5.75 Å². The second-order valence-corrected chi connectivity index (χ2v) is 4.71. The number of hydrogen-bond acceptors (Lipinski definition) is 1. The van der Waals surface area contributed by atoms with Gasteiger partial charge in [0.1, 0.15) is 0 Å². The average molecular weight is 248 g/mol. The molecular weight excluding hydrogens is 231 g/mol. The topological polar surface area (TPSA) is 9.23 Å². The quantitative estimate of drug-likeness (QED) is 0.690. The molecule has 1 rings (SSSR count). The maximum atomic E-state index is 5.23. The Balaban J connectivity index is 0.00000169. The molecule has 0 amide bonds. The summed E-state index contributed by atoms with van der Waals surface area (Å²) < 4.78 is 5.23. The molecule has 0 N–H and O–H groups in total. The Bertz CT molecular complexity index is 305. The van der Waals surface area contributed by atoms with Crippen molar-refractivity contribution in [3.05, 3.63) is 29.3 Å². The molecule has 0 aliphatic rings. The molecule has 0 aliphatic carbocycles. The van der Waals surface area contributed by atoms with Gasteiger partial charge in [-0.1, -0.05) is 0 Å². The third-order valence-electron chi connectivity index (χ3n) is 2.03. The number of rotatable bonds is 1. The molecule has 0 fully saturated rings. The first-order valence-corrected chi connectivity index (χ1v) is 5.03. The van der Waals surface area contributed by atoms with E-state index in [1.165, 1.54) is 11.1 Å². The normalized spacial score (nSPS) is 10.5. The minimum absolute atomic E-state index is 0. The van der Waals surface area contributed by atoms with Gasteiger partial charge < -0.3 is 0 Å². The van der Waals surface area contributed by atoms with Crippen LogP contribution in [0.2, 0.25) is 0 Å². The molecule has 0 atom stereocenters. The molecule has 0 saturated carbocycles. The molecule has 1 nitrogen and oxygen atoms in total. The van der Waals surface area contributed by atoms with Crippen molar-refractivity contribution in [1.29, 1.82) is 0 Å². The fraction of sp³-hybridized carbons (Fsp3) is 0.455. The smallest absolute Gasteiger partial charge is 0.147 e. The van der Waals surface area contributed by atoms with Gasteiger partial charge in [0.15, 0.2) is 0 Å². The van der Waals surface area contributed by atoms with E-state index >= 15 is 0 Å². The van der Waals surface area contributed by atoms with Gasteiger partial charge in [0, 0.05) is 0 Å². The molecule has 77 valence electrons. The predicted octanol–water partition coefficient (Wildman–Crippen LogP) is 3.55. The van der Waals surface area contributed by atoms with E-state index in [1.807, 2.05) is 0 Å². The molecule has 0 unspecified atom stereocenters. The van der Waals surface area contributed by atoms with Crippen molar-refractivity contribution in [2.75, 3.05) is 0 Å².